The van der Waals surface area contributed by atoms with Gasteiger partial charge in [-0.2, -0.15) is 0 Å². The fraction of sp³-hybridized carbons (Fsp3) is 0.409. The Morgan fingerprint density at radius 1 is 1.04 bits per heavy atom. The van der Waals surface area contributed by atoms with E-state index in [1.54, 1.807) is 14.2 Å². The highest BCUT2D eigenvalue weighted by molar-refractivity contribution is 5.79. The standard InChI is InChI=1S/C22H28N2O3/c1-26-19-10-4-6-15(13-19)21(16-7-5-11-20(14-16)27-2)24-22(25)17-8-3-9-18(23)12-17/h4-7,10-11,13-14,17-18,21H,3,8-9,12,23H2,1-2H3,(H,24,25). The van der Waals surface area contributed by atoms with E-state index in [1.165, 1.54) is 0 Å². The average Bonchev–Trinajstić information content (AvgIpc) is 2.71. The summed E-state index contributed by atoms with van der Waals surface area (Å²) in [6, 6.07) is 15.4. The van der Waals surface area contributed by atoms with Gasteiger partial charge in [0.25, 0.3) is 0 Å². The van der Waals surface area contributed by atoms with Gasteiger partial charge in [0, 0.05) is 12.0 Å². The summed E-state index contributed by atoms with van der Waals surface area (Å²) in [5.74, 6) is 1.54. The monoisotopic (exact) mass is 368 g/mol. The van der Waals surface area contributed by atoms with E-state index in [0.717, 1.165) is 48.3 Å². The molecule has 1 aliphatic carbocycles. The quantitative estimate of drug-likeness (QED) is 0.819. The van der Waals surface area contributed by atoms with Crippen molar-refractivity contribution in [3.8, 4) is 11.5 Å². The molecular formula is C22H28N2O3. The van der Waals surface area contributed by atoms with Crippen LogP contribution in [0.2, 0.25) is 0 Å². The number of benzene rings is 2. The Bertz CT molecular complexity index is 730. The first-order valence-corrected chi connectivity index (χ1v) is 9.44. The predicted molar refractivity (Wildman–Crippen MR) is 106 cm³/mol. The van der Waals surface area contributed by atoms with E-state index in [0.29, 0.717) is 0 Å². The van der Waals surface area contributed by atoms with Crippen LogP contribution in [0, 0.1) is 5.92 Å². The number of nitrogens with two attached hydrogens (primary N) is 1. The lowest BCUT2D eigenvalue weighted by atomic mass is 9.85. The molecule has 5 nitrogen and oxygen atoms in total. The van der Waals surface area contributed by atoms with Gasteiger partial charge in [-0.15, -0.1) is 0 Å². The second-order valence-electron chi connectivity index (χ2n) is 7.12. The molecule has 1 fully saturated rings. The maximum absolute atomic E-state index is 13.0. The first-order chi connectivity index (χ1) is 13.1. The summed E-state index contributed by atoms with van der Waals surface area (Å²) >= 11 is 0. The molecule has 1 amide bonds. The molecule has 0 saturated heterocycles. The number of carbonyl (C=O) groups excluding carboxylic acids is 1. The molecule has 1 saturated carbocycles. The zero-order valence-corrected chi connectivity index (χ0v) is 16.0. The summed E-state index contributed by atoms with van der Waals surface area (Å²) < 4.78 is 10.7. The average molecular weight is 368 g/mol. The normalized spacial score (nSPS) is 19.6. The van der Waals surface area contributed by atoms with Crippen LogP contribution >= 0.6 is 0 Å². The van der Waals surface area contributed by atoms with E-state index in [9.17, 15) is 4.79 Å². The lowest BCUT2D eigenvalue weighted by molar-refractivity contribution is -0.126. The number of nitrogens with one attached hydrogen (secondary N) is 1. The van der Waals surface area contributed by atoms with Gasteiger partial charge in [-0.05, 0) is 54.7 Å². The first-order valence-electron chi connectivity index (χ1n) is 9.44. The number of carbonyl (C=O) groups is 1. The van der Waals surface area contributed by atoms with Crippen LogP contribution in [0.25, 0.3) is 0 Å². The minimum atomic E-state index is -0.277. The minimum Gasteiger partial charge on any atom is -0.497 e. The van der Waals surface area contributed by atoms with Crippen LogP contribution in [0.5, 0.6) is 11.5 Å². The molecule has 2 aromatic carbocycles. The van der Waals surface area contributed by atoms with Crippen molar-refractivity contribution in [2.24, 2.45) is 11.7 Å². The van der Waals surface area contributed by atoms with Crippen molar-refractivity contribution in [3.05, 3.63) is 59.7 Å². The highest BCUT2D eigenvalue weighted by Crippen LogP contribution is 2.30. The van der Waals surface area contributed by atoms with Crippen molar-refractivity contribution in [1.82, 2.24) is 5.32 Å². The number of rotatable bonds is 6. The molecule has 0 spiro atoms. The Labute approximate surface area is 160 Å². The Kier molecular flexibility index (Phi) is 6.35. The van der Waals surface area contributed by atoms with Crippen LogP contribution in [0.15, 0.2) is 48.5 Å². The summed E-state index contributed by atoms with van der Waals surface area (Å²) in [6.07, 6.45) is 3.64. The van der Waals surface area contributed by atoms with Gasteiger partial charge in [0.1, 0.15) is 11.5 Å². The van der Waals surface area contributed by atoms with E-state index in [1.807, 2.05) is 48.5 Å². The molecular weight excluding hydrogens is 340 g/mol. The van der Waals surface area contributed by atoms with Crippen molar-refractivity contribution in [1.29, 1.82) is 0 Å². The molecule has 0 radical (unpaired) electrons. The highest BCUT2D eigenvalue weighted by atomic mass is 16.5. The number of hydrogen-bond donors (Lipinski definition) is 2. The summed E-state index contributed by atoms with van der Waals surface area (Å²) in [7, 11) is 3.28. The molecule has 2 aromatic rings. The van der Waals surface area contributed by atoms with Gasteiger partial charge in [0.15, 0.2) is 0 Å². The van der Waals surface area contributed by atoms with Crippen LogP contribution in [0.1, 0.15) is 42.9 Å². The Morgan fingerprint density at radius 2 is 1.63 bits per heavy atom. The Hall–Kier alpha value is -2.53. The number of ether oxygens (including phenoxy) is 2. The van der Waals surface area contributed by atoms with Gasteiger partial charge in [-0.3, -0.25) is 4.79 Å². The summed E-state index contributed by atoms with van der Waals surface area (Å²) in [4.78, 5) is 13.0. The van der Waals surface area contributed by atoms with Crippen molar-refractivity contribution in [3.63, 3.8) is 0 Å². The van der Waals surface area contributed by atoms with E-state index < -0.39 is 0 Å². The van der Waals surface area contributed by atoms with Crippen molar-refractivity contribution < 1.29 is 14.3 Å². The van der Waals surface area contributed by atoms with Gasteiger partial charge in [-0.25, -0.2) is 0 Å². The van der Waals surface area contributed by atoms with Crippen molar-refractivity contribution in [2.45, 2.75) is 37.8 Å². The van der Waals surface area contributed by atoms with Crippen LogP contribution < -0.4 is 20.5 Å². The van der Waals surface area contributed by atoms with Gasteiger partial charge in [0.2, 0.25) is 5.91 Å². The summed E-state index contributed by atoms with van der Waals surface area (Å²) in [5, 5.41) is 3.24. The maximum atomic E-state index is 13.0. The SMILES string of the molecule is COc1cccc(C(NC(=O)C2CCCC(N)C2)c2cccc(OC)c2)c1. The predicted octanol–water partition coefficient (Wildman–Crippen LogP) is 3.43. The molecule has 3 rings (SSSR count). The number of hydrogen-bond acceptors (Lipinski definition) is 4. The summed E-state index contributed by atoms with van der Waals surface area (Å²) in [6.45, 7) is 0. The van der Waals surface area contributed by atoms with Crippen LogP contribution in [-0.4, -0.2) is 26.2 Å². The molecule has 3 N–H and O–H groups in total. The zero-order chi connectivity index (χ0) is 19.2. The third-order valence-corrected chi connectivity index (χ3v) is 5.23. The third-order valence-electron chi connectivity index (χ3n) is 5.23. The second kappa shape index (κ2) is 8.91. The lowest BCUT2D eigenvalue weighted by Crippen LogP contribution is -2.39. The van der Waals surface area contributed by atoms with E-state index in [-0.39, 0.29) is 23.9 Å². The molecule has 5 heteroatoms. The largest absolute Gasteiger partial charge is 0.497 e. The Morgan fingerprint density at radius 3 is 2.15 bits per heavy atom. The molecule has 2 atom stereocenters. The van der Waals surface area contributed by atoms with E-state index >= 15 is 0 Å². The van der Waals surface area contributed by atoms with Crippen LogP contribution in [0.4, 0.5) is 0 Å². The third kappa shape index (κ3) is 4.80. The minimum absolute atomic E-state index is 0.0348. The number of methoxy groups -OCH3 is 2. The smallest absolute Gasteiger partial charge is 0.223 e. The molecule has 2 unspecified atom stereocenters. The molecule has 1 aliphatic rings. The van der Waals surface area contributed by atoms with Gasteiger partial charge in [-0.1, -0.05) is 30.7 Å². The van der Waals surface area contributed by atoms with Gasteiger partial charge in [0.05, 0.1) is 20.3 Å². The van der Waals surface area contributed by atoms with Crippen LogP contribution in [0.3, 0.4) is 0 Å². The molecule has 27 heavy (non-hydrogen) atoms. The molecule has 0 bridgehead atoms. The van der Waals surface area contributed by atoms with Gasteiger partial charge < -0.3 is 20.5 Å². The highest BCUT2D eigenvalue weighted by Gasteiger charge is 2.28. The summed E-state index contributed by atoms with van der Waals surface area (Å²) in [5.41, 5.74) is 8.02. The topological polar surface area (TPSA) is 73.6 Å². The fourth-order valence-corrected chi connectivity index (χ4v) is 3.73. The second-order valence-corrected chi connectivity index (χ2v) is 7.12. The zero-order valence-electron chi connectivity index (χ0n) is 16.0. The maximum Gasteiger partial charge on any atom is 0.223 e. The van der Waals surface area contributed by atoms with Crippen LogP contribution in [-0.2, 0) is 4.79 Å². The molecule has 0 heterocycles. The van der Waals surface area contributed by atoms with E-state index in [2.05, 4.69) is 5.32 Å². The molecule has 144 valence electrons. The van der Waals surface area contributed by atoms with Gasteiger partial charge >= 0.3 is 0 Å². The fourth-order valence-electron chi connectivity index (χ4n) is 3.73. The van der Waals surface area contributed by atoms with E-state index in [4.69, 9.17) is 15.2 Å². The molecule has 0 aliphatic heterocycles. The lowest BCUT2D eigenvalue weighted by Gasteiger charge is -2.28. The number of amides is 1. The first kappa shape index (κ1) is 19.2. The Balaban J connectivity index is 1.90. The molecule has 0 aromatic heterocycles. The van der Waals surface area contributed by atoms with Crippen molar-refractivity contribution >= 4 is 5.91 Å². The van der Waals surface area contributed by atoms with Crippen molar-refractivity contribution in [2.75, 3.05) is 14.2 Å².